The number of hydrogen-bond donors (Lipinski definition) is 1. The van der Waals surface area contributed by atoms with Crippen LogP contribution in [0.4, 0.5) is 0 Å². The molecule has 0 bridgehead atoms. The first kappa shape index (κ1) is 21.8. The summed E-state index contributed by atoms with van der Waals surface area (Å²) in [6.07, 6.45) is 16.1. The Morgan fingerprint density at radius 1 is 1.11 bits per heavy atom. The van der Waals surface area contributed by atoms with Crippen molar-refractivity contribution in [2.45, 2.75) is 76.9 Å². The molecule has 2 rings (SSSR count). The lowest BCUT2D eigenvalue weighted by Crippen LogP contribution is -2.36. The van der Waals surface area contributed by atoms with E-state index in [4.69, 9.17) is 14.6 Å². The monoisotopic (exact) mass is 378 g/mol. The molecule has 1 heterocycles. The average Bonchev–Trinajstić information content (AvgIpc) is 3.24. The van der Waals surface area contributed by atoms with Gasteiger partial charge in [-0.25, -0.2) is 0 Å². The number of carboxylic acid groups (broad SMARTS) is 1. The third-order valence-corrected chi connectivity index (χ3v) is 5.56. The number of ketones is 1. The van der Waals surface area contributed by atoms with Crippen molar-refractivity contribution in [1.29, 1.82) is 0 Å². The predicted octanol–water partition coefficient (Wildman–Crippen LogP) is 4.66. The standard InChI is InChI=1S/C22H34O5/c1-2-3-6-9-19(23)13-12-18-14-15-22(26-16-17-27-22)20(18)10-7-4-5-8-11-21(24)25/h4,7,12-13,18,20H,2-3,5-6,8-11,14-17H2,1H3,(H,24,25)/t18-,20+/m1/s1. The van der Waals surface area contributed by atoms with Crippen molar-refractivity contribution in [3.05, 3.63) is 24.3 Å². The Morgan fingerprint density at radius 3 is 2.59 bits per heavy atom. The highest BCUT2D eigenvalue weighted by molar-refractivity contribution is 5.89. The number of ether oxygens (including phenoxy) is 2. The van der Waals surface area contributed by atoms with Crippen LogP contribution in [0.3, 0.4) is 0 Å². The molecule has 1 aliphatic carbocycles. The highest BCUT2D eigenvalue weighted by atomic mass is 16.7. The first-order valence-electron chi connectivity index (χ1n) is 10.4. The Kier molecular flexibility index (Phi) is 9.22. The molecule has 2 atom stereocenters. The predicted molar refractivity (Wildman–Crippen MR) is 104 cm³/mol. The molecule has 1 spiro atoms. The van der Waals surface area contributed by atoms with Crippen LogP contribution in [-0.4, -0.2) is 35.9 Å². The molecular formula is C22H34O5. The molecule has 2 fully saturated rings. The van der Waals surface area contributed by atoms with Gasteiger partial charge < -0.3 is 14.6 Å². The van der Waals surface area contributed by atoms with Gasteiger partial charge in [-0.15, -0.1) is 0 Å². The summed E-state index contributed by atoms with van der Waals surface area (Å²) in [5.74, 6) is -0.566. The van der Waals surface area contributed by atoms with Crippen molar-refractivity contribution in [2.24, 2.45) is 11.8 Å². The molecular weight excluding hydrogens is 344 g/mol. The summed E-state index contributed by atoms with van der Waals surface area (Å²) in [7, 11) is 0. The van der Waals surface area contributed by atoms with E-state index in [1.807, 2.05) is 0 Å². The zero-order valence-electron chi connectivity index (χ0n) is 16.5. The van der Waals surface area contributed by atoms with Crippen LogP contribution in [0.5, 0.6) is 0 Å². The SMILES string of the molecule is CCCCCC(=O)C=C[C@@H]1CCC2(OCCO2)[C@H]1CC=CCCCC(=O)O. The van der Waals surface area contributed by atoms with Crippen LogP contribution >= 0.6 is 0 Å². The highest BCUT2D eigenvalue weighted by Gasteiger charge is 2.51. The maximum absolute atomic E-state index is 12.1. The van der Waals surface area contributed by atoms with E-state index in [0.717, 1.165) is 44.9 Å². The number of unbranched alkanes of at least 4 members (excludes halogenated alkanes) is 3. The summed E-state index contributed by atoms with van der Waals surface area (Å²) >= 11 is 0. The summed E-state index contributed by atoms with van der Waals surface area (Å²) in [5, 5.41) is 8.70. The van der Waals surface area contributed by atoms with Crippen molar-refractivity contribution < 1.29 is 24.2 Å². The smallest absolute Gasteiger partial charge is 0.303 e. The van der Waals surface area contributed by atoms with E-state index in [-0.39, 0.29) is 24.0 Å². The number of carboxylic acids is 1. The van der Waals surface area contributed by atoms with Crippen molar-refractivity contribution in [2.75, 3.05) is 13.2 Å². The number of rotatable bonds is 12. The molecule has 5 heteroatoms. The normalized spacial score (nSPS) is 24.5. The lowest BCUT2D eigenvalue weighted by Gasteiger charge is -2.30. The van der Waals surface area contributed by atoms with Crippen LogP contribution in [0.25, 0.3) is 0 Å². The lowest BCUT2D eigenvalue weighted by atomic mass is 9.88. The third kappa shape index (κ3) is 6.89. The lowest BCUT2D eigenvalue weighted by molar-refractivity contribution is -0.183. The second-order valence-corrected chi connectivity index (χ2v) is 7.59. The average molecular weight is 379 g/mol. The second kappa shape index (κ2) is 11.4. The van der Waals surface area contributed by atoms with Crippen LogP contribution in [0.2, 0.25) is 0 Å². The van der Waals surface area contributed by atoms with Gasteiger partial charge in [-0.05, 0) is 44.1 Å². The van der Waals surface area contributed by atoms with Gasteiger partial charge in [0.1, 0.15) is 0 Å². The van der Waals surface area contributed by atoms with Gasteiger partial charge >= 0.3 is 5.97 Å². The summed E-state index contributed by atoms with van der Waals surface area (Å²) in [6, 6.07) is 0. The van der Waals surface area contributed by atoms with Crippen LogP contribution in [-0.2, 0) is 19.1 Å². The Morgan fingerprint density at radius 2 is 1.89 bits per heavy atom. The molecule has 0 aromatic heterocycles. The Labute approximate surface area is 162 Å². The fraction of sp³-hybridized carbons (Fsp3) is 0.727. The number of carbonyl (C=O) groups is 2. The molecule has 152 valence electrons. The largest absolute Gasteiger partial charge is 0.481 e. The summed E-state index contributed by atoms with van der Waals surface area (Å²) in [6.45, 7) is 3.40. The number of aliphatic carboxylic acids is 1. The fourth-order valence-corrected chi connectivity index (χ4v) is 4.09. The van der Waals surface area contributed by atoms with Gasteiger partial charge in [-0.3, -0.25) is 9.59 Å². The van der Waals surface area contributed by atoms with Crippen molar-refractivity contribution >= 4 is 11.8 Å². The van der Waals surface area contributed by atoms with E-state index in [2.05, 4.69) is 25.2 Å². The Hall–Kier alpha value is -1.46. The van der Waals surface area contributed by atoms with Gasteiger partial charge in [0.25, 0.3) is 0 Å². The van der Waals surface area contributed by atoms with E-state index in [0.29, 0.717) is 26.1 Å². The first-order valence-corrected chi connectivity index (χ1v) is 10.4. The Bertz CT molecular complexity index is 531. The minimum Gasteiger partial charge on any atom is -0.481 e. The minimum absolute atomic E-state index is 0.204. The minimum atomic E-state index is -0.750. The van der Waals surface area contributed by atoms with Gasteiger partial charge in [-0.2, -0.15) is 0 Å². The van der Waals surface area contributed by atoms with Crippen LogP contribution in [0, 0.1) is 11.8 Å². The second-order valence-electron chi connectivity index (χ2n) is 7.59. The fourth-order valence-electron chi connectivity index (χ4n) is 4.09. The molecule has 2 aliphatic rings. The van der Waals surface area contributed by atoms with Gasteiger partial charge in [0.15, 0.2) is 11.6 Å². The van der Waals surface area contributed by atoms with E-state index in [9.17, 15) is 9.59 Å². The summed E-state index contributed by atoms with van der Waals surface area (Å²) < 4.78 is 12.0. The molecule has 1 N–H and O–H groups in total. The molecule has 1 saturated carbocycles. The third-order valence-electron chi connectivity index (χ3n) is 5.56. The topological polar surface area (TPSA) is 72.8 Å². The molecule has 1 saturated heterocycles. The Balaban J connectivity index is 1.89. The molecule has 0 aromatic carbocycles. The summed E-state index contributed by atoms with van der Waals surface area (Å²) in [4.78, 5) is 22.6. The maximum Gasteiger partial charge on any atom is 0.303 e. The van der Waals surface area contributed by atoms with Gasteiger partial charge in [0, 0.05) is 25.2 Å². The molecule has 0 aromatic rings. The van der Waals surface area contributed by atoms with Crippen LogP contribution in [0.15, 0.2) is 24.3 Å². The zero-order chi connectivity index (χ0) is 19.5. The molecule has 0 amide bonds. The number of allylic oxidation sites excluding steroid dienone is 4. The van der Waals surface area contributed by atoms with Gasteiger partial charge in [-0.1, -0.05) is 38.0 Å². The number of carbonyl (C=O) groups excluding carboxylic acids is 1. The van der Waals surface area contributed by atoms with E-state index >= 15 is 0 Å². The van der Waals surface area contributed by atoms with E-state index in [1.54, 1.807) is 6.08 Å². The summed E-state index contributed by atoms with van der Waals surface area (Å²) in [5.41, 5.74) is 0. The molecule has 27 heavy (non-hydrogen) atoms. The van der Waals surface area contributed by atoms with E-state index in [1.165, 1.54) is 0 Å². The van der Waals surface area contributed by atoms with Crippen molar-refractivity contribution in [3.8, 4) is 0 Å². The quantitative estimate of drug-likeness (QED) is 0.304. The van der Waals surface area contributed by atoms with Crippen molar-refractivity contribution in [3.63, 3.8) is 0 Å². The van der Waals surface area contributed by atoms with Gasteiger partial charge in [0.2, 0.25) is 0 Å². The highest BCUT2D eigenvalue weighted by Crippen LogP contribution is 2.48. The van der Waals surface area contributed by atoms with Gasteiger partial charge in [0.05, 0.1) is 13.2 Å². The maximum atomic E-state index is 12.1. The number of hydrogen-bond acceptors (Lipinski definition) is 4. The molecule has 1 aliphatic heterocycles. The van der Waals surface area contributed by atoms with Crippen LogP contribution in [0.1, 0.15) is 71.1 Å². The zero-order valence-corrected chi connectivity index (χ0v) is 16.5. The molecule has 0 unspecified atom stereocenters. The van der Waals surface area contributed by atoms with E-state index < -0.39 is 11.8 Å². The van der Waals surface area contributed by atoms with Crippen molar-refractivity contribution in [1.82, 2.24) is 0 Å². The molecule has 0 radical (unpaired) electrons. The van der Waals surface area contributed by atoms with Crippen LogP contribution < -0.4 is 0 Å². The molecule has 5 nitrogen and oxygen atoms in total. The first-order chi connectivity index (χ1) is 13.1.